The molecule has 4 heteroatoms. The first-order valence-electron chi connectivity index (χ1n) is 7.74. The molecule has 0 amide bonds. The highest BCUT2D eigenvalue weighted by molar-refractivity contribution is 5.58. The second-order valence-electron chi connectivity index (χ2n) is 5.69. The molecule has 1 N–H and O–H groups in total. The van der Waals surface area contributed by atoms with Crippen LogP contribution in [-0.4, -0.2) is 39.6 Å². The van der Waals surface area contributed by atoms with E-state index in [0.29, 0.717) is 25.4 Å². The summed E-state index contributed by atoms with van der Waals surface area (Å²) in [6, 6.07) is 6.81. The lowest BCUT2D eigenvalue weighted by Gasteiger charge is -2.29. The predicted molar refractivity (Wildman–Crippen MR) is 85.2 cm³/mol. The fraction of sp³-hybridized carbons (Fsp3) is 0.647. The number of rotatable bonds is 7. The van der Waals surface area contributed by atoms with Gasteiger partial charge in [0.2, 0.25) is 0 Å². The van der Waals surface area contributed by atoms with Crippen molar-refractivity contribution >= 4 is 5.69 Å². The molecule has 0 spiro atoms. The minimum atomic E-state index is 0.429. The van der Waals surface area contributed by atoms with Crippen molar-refractivity contribution in [2.45, 2.75) is 44.8 Å². The molecule has 118 valence electrons. The van der Waals surface area contributed by atoms with Gasteiger partial charge in [0.05, 0.1) is 18.4 Å². The first-order chi connectivity index (χ1) is 10.2. The lowest BCUT2D eigenvalue weighted by molar-refractivity contribution is 0.0681. The molecule has 4 nitrogen and oxygen atoms in total. The predicted octanol–water partition coefficient (Wildman–Crippen LogP) is 3.39. The average molecular weight is 293 g/mol. The van der Waals surface area contributed by atoms with Gasteiger partial charge in [0.15, 0.2) is 0 Å². The summed E-state index contributed by atoms with van der Waals surface area (Å²) in [5, 5.41) is 3.63. The second-order valence-corrected chi connectivity index (χ2v) is 5.69. The maximum Gasteiger partial charge on any atom is 0.142 e. The number of anilines is 1. The molecule has 0 aromatic heterocycles. The van der Waals surface area contributed by atoms with Crippen LogP contribution in [0.5, 0.6) is 5.75 Å². The summed E-state index contributed by atoms with van der Waals surface area (Å²) >= 11 is 0. The van der Waals surface area contributed by atoms with Crippen LogP contribution >= 0.6 is 0 Å². The molecule has 1 fully saturated rings. The third kappa shape index (κ3) is 4.90. The fourth-order valence-electron chi connectivity index (χ4n) is 2.77. The van der Waals surface area contributed by atoms with E-state index in [9.17, 15) is 0 Å². The molecule has 2 rings (SSSR count). The van der Waals surface area contributed by atoms with Crippen LogP contribution in [0.4, 0.5) is 5.69 Å². The quantitative estimate of drug-likeness (QED) is 0.782. The Bertz CT molecular complexity index is 428. The van der Waals surface area contributed by atoms with E-state index in [0.717, 1.165) is 37.1 Å². The first-order valence-corrected chi connectivity index (χ1v) is 7.74. The average Bonchev–Trinajstić information content (AvgIpc) is 2.51. The summed E-state index contributed by atoms with van der Waals surface area (Å²) in [6.45, 7) is 3.26. The van der Waals surface area contributed by atoms with Gasteiger partial charge in [-0.15, -0.1) is 0 Å². The van der Waals surface area contributed by atoms with Crippen LogP contribution in [0.2, 0.25) is 0 Å². The van der Waals surface area contributed by atoms with Gasteiger partial charge in [-0.25, -0.2) is 0 Å². The van der Waals surface area contributed by atoms with E-state index in [-0.39, 0.29) is 0 Å². The second kappa shape index (κ2) is 8.25. The van der Waals surface area contributed by atoms with E-state index < -0.39 is 0 Å². The van der Waals surface area contributed by atoms with Crippen molar-refractivity contribution in [1.29, 1.82) is 0 Å². The van der Waals surface area contributed by atoms with Gasteiger partial charge in [-0.2, -0.15) is 0 Å². The van der Waals surface area contributed by atoms with E-state index in [1.165, 1.54) is 5.56 Å². The highest BCUT2D eigenvalue weighted by Crippen LogP contribution is 2.30. The topological polar surface area (TPSA) is 39.7 Å². The maximum absolute atomic E-state index is 5.83. The summed E-state index contributed by atoms with van der Waals surface area (Å²) in [6.07, 6.45) is 4.96. The third-order valence-corrected chi connectivity index (χ3v) is 4.05. The molecule has 0 saturated heterocycles. The summed E-state index contributed by atoms with van der Waals surface area (Å²) in [5.41, 5.74) is 2.29. The van der Waals surface area contributed by atoms with Gasteiger partial charge < -0.3 is 19.5 Å². The van der Waals surface area contributed by atoms with Gasteiger partial charge in [0.1, 0.15) is 12.4 Å². The number of nitrogens with one attached hydrogen (secondary N) is 1. The Morgan fingerprint density at radius 2 is 1.86 bits per heavy atom. The molecule has 0 aliphatic heterocycles. The normalized spacial score (nSPS) is 22.0. The number of ether oxygens (including phenoxy) is 3. The fourth-order valence-corrected chi connectivity index (χ4v) is 2.77. The Hall–Kier alpha value is -1.26. The smallest absolute Gasteiger partial charge is 0.142 e. The summed E-state index contributed by atoms with van der Waals surface area (Å²) in [5.74, 6) is 0.918. The minimum Gasteiger partial charge on any atom is -0.489 e. The van der Waals surface area contributed by atoms with Crippen molar-refractivity contribution in [3.63, 3.8) is 0 Å². The SMILES string of the molecule is COCCOc1cc(C)ccc1NC1CCC(OC)CC1. The van der Waals surface area contributed by atoms with Crippen LogP contribution in [0.25, 0.3) is 0 Å². The highest BCUT2D eigenvalue weighted by Gasteiger charge is 2.21. The zero-order valence-electron chi connectivity index (χ0n) is 13.4. The van der Waals surface area contributed by atoms with Crippen molar-refractivity contribution in [3.05, 3.63) is 23.8 Å². The standard InChI is InChI=1S/C17H27NO3/c1-13-4-9-16(17(12-13)21-11-10-19-2)18-14-5-7-15(20-3)8-6-14/h4,9,12,14-15,18H,5-8,10-11H2,1-3H3. The summed E-state index contributed by atoms with van der Waals surface area (Å²) < 4.78 is 16.3. The van der Waals surface area contributed by atoms with E-state index in [2.05, 4.69) is 30.4 Å². The Labute approximate surface area is 127 Å². The highest BCUT2D eigenvalue weighted by atomic mass is 16.5. The van der Waals surface area contributed by atoms with Gasteiger partial charge in [-0.05, 0) is 50.3 Å². The number of hydrogen-bond donors (Lipinski definition) is 1. The van der Waals surface area contributed by atoms with E-state index in [4.69, 9.17) is 14.2 Å². The minimum absolute atomic E-state index is 0.429. The third-order valence-electron chi connectivity index (χ3n) is 4.05. The largest absolute Gasteiger partial charge is 0.489 e. The zero-order valence-corrected chi connectivity index (χ0v) is 13.4. The Morgan fingerprint density at radius 3 is 2.52 bits per heavy atom. The summed E-state index contributed by atoms with van der Waals surface area (Å²) in [7, 11) is 3.49. The molecule has 1 aliphatic carbocycles. The Kier molecular flexibility index (Phi) is 6.33. The van der Waals surface area contributed by atoms with Crippen LogP contribution in [0.15, 0.2) is 18.2 Å². The van der Waals surface area contributed by atoms with Crippen LogP contribution in [-0.2, 0) is 9.47 Å². The molecule has 0 heterocycles. The molecule has 0 radical (unpaired) electrons. The van der Waals surface area contributed by atoms with Crippen molar-refractivity contribution in [1.82, 2.24) is 0 Å². The molecule has 0 unspecified atom stereocenters. The molecule has 0 bridgehead atoms. The molecule has 1 saturated carbocycles. The van der Waals surface area contributed by atoms with Gasteiger partial charge in [-0.3, -0.25) is 0 Å². The van der Waals surface area contributed by atoms with Crippen molar-refractivity contribution in [2.24, 2.45) is 0 Å². The lowest BCUT2D eigenvalue weighted by atomic mass is 9.92. The van der Waals surface area contributed by atoms with Crippen LogP contribution in [0.3, 0.4) is 0 Å². The van der Waals surface area contributed by atoms with Crippen molar-refractivity contribution < 1.29 is 14.2 Å². The van der Waals surface area contributed by atoms with Crippen LogP contribution in [0.1, 0.15) is 31.2 Å². The number of hydrogen-bond acceptors (Lipinski definition) is 4. The Balaban J connectivity index is 1.95. The number of methoxy groups -OCH3 is 2. The molecule has 0 atom stereocenters. The molecule has 1 aromatic rings. The molecular formula is C17H27NO3. The molecule has 21 heavy (non-hydrogen) atoms. The lowest BCUT2D eigenvalue weighted by Crippen LogP contribution is -2.29. The maximum atomic E-state index is 5.83. The van der Waals surface area contributed by atoms with Gasteiger partial charge in [0, 0.05) is 20.3 Å². The monoisotopic (exact) mass is 293 g/mol. The van der Waals surface area contributed by atoms with Gasteiger partial charge in [0.25, 0.3) is 0 Å². The summed E-state index contributed by atoms with van der Waals surface area (Å²) in [4.78, 5) is 0. The zero-order chi connectivity index (χ0) is 15.1. The Morgan fingerprint density at radius 1 is 1.10 bits per heavy atom. The van der Waals surface area contributed by atoms with E-state index in [1.807, 2.05) is 0 Å². The molecule has 1 aromatic carbocycles. The van der Waals surface area contributed by atoms with E-state index >= 15 is 0 Å². The van der Waals surface area contributed by atoms with Crippen molar-refractivity contribution in [2.75, 3.05) is 32.8 Å². The first kappa shape index (κ1) is 16.1. The van der Waals surface area contributed by atoms with Gasteiger partial charge >= 0.3 is 0 Å². The van der Waals surface area contributed by atoms with E-state index in [1.54, 1.807) is 14.2 Å². The molecule has 1 aliphatic rings. The number of aryl methyl sites for hydroxylation is 1. The van der Waals surface area contributed by atoms with Crippen molar-refractivity contribution in [3.8, 4) is 5.75 Å². The molecular weight excluding hydrogens is 266 g/mol. The van der Waals surface area contributed by atoms with Gasteiger partial charge in [-0.1, -0.05) is 6.07 Å². The number of benzene rings is 1. The van der Waals surface area contributed by atoms with Crippen LogP contribution < -0.4 is 10.1 Å². The van der Waals surface area contributed by atoms with Crippen LogP contribution in [0, 0.1) is 6.92 Å².